The van der Waals surface area contributed by atoms with Gasteiger partial charge in [0, 0.05) is 37.8 Å². The Bertz CT molecular complexity index is 1460. The Hall–Kier alpha value is -2.59. The summed E-state index contributed by atoms with van der Waals surface area (Å²) in [4.78, 5) is 17.8. The van der Waals surface area contributed by atoms with Crippen molar-refractivity contribution < 1.29 is 9.16 Å². The SMILES string of the molecule is CC(C)(C)[Si](O[C@@H]1COC[C@@H]1N1CCN(c2nc3nc(Cl)ncc3cc2Cl)CC1)(c1ccccc1)c1ccccc1. The minimum absolute atomic E-state index is 0.0333. The maximum absolute atomic E-state index is 7.49. The first-order chi connectivity index (χ1) is 19.8. The zero-order chi connectivity index (χ0) is 28.6. The van der Waals surface area contributed by atoms with Gasteiger partial charge in [-0.3, -0.25) is 4.90 Å². The number of piperazine rings is 1. The molecule has 2 aliphatic rings. The van der Waals surface area contributed by atoms with Crippen LogP contribution in [0, 0.1) is 0 Å². The van der Waals surface area contributed by atoms with Crippen LogP contribution >= 0.6 is 23.2 Å². The highest BCUT2D eigenvalue weighted by atomic mass is 35.5. The van der Waals surface area contributed by atoms with E-state index in [0.717, 1.165) is 37.4 Å². The third-order valence-electron chi connectivity index (χ3n) is 8.30. The highest BCUT2D eigenvalue weighted by Crippen LogP contribution is 2.39. The van der Waals surface area contributed by atoms with Crippen LogP contribution in [0.3, 0.4) is 0 Å². The molecule has 0 bridgehead atoms. The van der Waals surface area contributed by atoms with Gasteiger partial charge in [-0.1, -0.05) is 93.0 Å². The smallest absolute Gasteiger partial charge is 0.261 e. The standard InChI is InChI=1S/C31H35Cl2N5O2Si/c1-31(2,3)41(23-10-6-4-7-11-23,24-12-8-5-9-13-24)40-27-21-39-20-26(27)37-14-16-38(17-15-37)29-25(32)18-22-19-34-30(33)36-28(22)35-29/h4-13,18-19,26-27H,14-17,20-21H2,1-3H3/t26-,27+/m0/s1. The summed E-state index contributed by atoms with van der Waals surface area (Å²) in [6, 6.07) is 23.7. The summed E-state index contributed by atoms with van der Waals surface area (Å²) < 4.78 is 13.6. The molecule has 214 valence electrons. The summed E-state index contributed by atoms with van der Waals surface area (Å²) >= 11 is 12.7. The summed E-state index contributed by atoms with van der Waals surface area (Å²) in [5, 5.41) is 4.02. The molecule has 4 heterocycles. The molecule has 2 aliphatic heterocycles. The van der Waals surface area contributed by atoms with Gasteiger partial charge in [0.25, 0.3) is 8.32 Å². The molecule has 0 unspecified atom stereocenters. The lowest BCUT2D eigenvalue weighted by Crippen LogP contribution is -2.69. The van der Waals surface area contributed by atoms with Crippen LogP contribution in [0.15, 0.2) is 72.9 Å². The molecule has 2 fully saturated rings. The summed E-state index contributed by atoms with van der Waals surface area (Å²) in [6.07, 6.45) is 1.62. The van der Waals surface area contributed by atoms with Gasteiger partial charge in [0.1, 0.15) is 5.82 Å². The topological polar surface area (TPSA) is 63.6 Å². The van der Waals surface area contributed by atoms with Crippen LogP contribution in [-0.4, -0.2) is 79.7 Å². The molecule has 41 heavy (non-hydrogen) atoms. The monoisotopic (exact) mass is 607 g/mol. The average molecular weight is 609 g/mol. The molecule has 4 aromatic rings. The number of ether oxygens (including phenoxy) is 1. The summed E-state index contributed by atoms with van der Waals surface area (Å²) in [5.74, 6) is 0.733. The maximum Gasteiger partial charge on any atom is 0.261 e. The van der Waals surface area contributed by atoms with Crippen molar-refractivity contribution in [2.24, 2.45) is 0 Å². The summed E-state index contributed by atoms with van der Waals surface area (Å²) in [5.41, 5.74) is 0.551. The number of fused-ring (bicyclic) bond motifs is 1. The molecule has 0 amide bonds. The van der Waals surface area contributed by atoms with Crippen molar-refractivity contribution >= 4 is 58.7 Å². The number of hydrogen-bond donors (Lipinski definition) is 0. The normalized spacial score (nSPS) is 20.6. The van der Waals surface area contributed by atoms with Crippen molar-refractivity contribution in [1.29, 1.82) is 0 Å². The van der Waals surface area contributed by atoms with E-state index in [1.807, 2.05) is 6.07 Å². The van der Waals surface area contributed by atoms with E-state index in [9.17, 15) is 0 Å². The predicted octanol–water partition coefficient (Wildman–Crippen LogP) is 4.80. The van der Waals surface area contributed by atoms with Gasteiger partial charge in [0.15, 0.2) is 5.65 Å². The number of pyridine rings is 1. The van der Waals surface area contributed by atoms with Gasteiger partial charge in [-0.2, -0.15) is 4.98 Å². The fraction of sp³-hybridized carbons (Fsp3) is 0.387. The number of hydrogen-bond acceptors (Lipinski definition) is 7. The van der Waals surface area contributed by atoms with Gasteiger partial charge in [-0.05, 0) is 33.1 Å². The second-order valence-corrected chi connectivity index (χ2v) is 16.8. The Labute approximate surface area is 252 Å². The second kappa shape index (κ2) is 11.6. The molecule has 0 N–H and O–H groups in total. The average Bonchev–Trinajstić information content (AvgIpc) is 3.44. The van der Waals surface area contributed by atoms with Crippen LogP contribution in [0.4, 0.5) is 5.82 Å². The van der Waals surface area contributed by atoms with Crippen LogP contribution in [0.1, 0.15) is 20.8 Å². The summed E-state index contributed by atoms with van der Waals surface area (Å²) in [7, 11) is -2.69. The van der Waals surface area contributed by atoms with Crippen molar-refractivity contribution in [3.63, 3.8) is 0 Å². The van der Waals surface area contributed by atoms with Crippen LogP contribution in [-0.2, 0) is 9.16 Å². The third kappa shape index (κ3) is 5.49. The maximum atomic E-state index is 7.49. The zero-order valence-electron chi connectivity index (χ0n) is 23.6. The molecular formula is C31H35Cl2N5O2Si. The molecule has 0 aliphatic carbocycles. The van der Waals surface area contributed by atoms with Crippen molar-refractivity contribution in [1.82, 2.24) is 19.9 Å². The van der Waals surface area contributed by atoms with Crippen molar-refractivity contribution in [3.05, 3.63) is 83.2 Å². The molecule has 2 saturated heterocycles. The zero-order valence-corrected chi connectivity index (χ0v) is 26.1. The Kier molecular flexibility index (Phi) is 8.06. The first-order valence-corrected chi connectivity index (χ1v) is 16.8. The fourth-order valence-electron chi connectivity index (χ4n) is 6.29. The number of anilines is 1. The summed E-state index contributed by atoms with van der Waals surface area (Å²) in [6.45, 7) is 11.5. The van der Waals surface area contributed by atoms with E-state index in [1.54, 1.807) is 6.20 Å². The first kappa shape index (κ1) is 28.5. The molecule has 10 heteroatoms. The van der Waals surface area contributed by atoms with E-state index in [-0.39, 0.29) is 22.5 Å². The fourth-order valence-corrected chi connectivity index (χ4v) is 11.4. The van der Waals surface area contributed by atoms with Crippen LogP contribution in [0.5, 0.6) is 0 Å². The van der Waals surface area contributed by atoms with E-state index in [1.165, 1.54) is 10.4 Å². The molecule has 2 aromatic heterocycles. The number of nitrogens with zero attached hydrogens (tertiary/aromatic N) is 5. The van der Waals surface area contributed by atoms with Crippen molar-refractivity contribution in [2.75, 3.05) is 44.3 Å². The lowest BCUT2D eigenvalue weighted by atomic mass is 10.1. The van der Waals surface area contributed by atoms with Crippen LogP contribution < -0.4 is 15.3 Å². The van der Waals surface area contributed by atoms with Gasteiger partial charge < -0.3 is 14.1 Å². The van der Waals surface area contributed by atoms with E-state index in [4.69, 9.17) is 37.3 Å². The molecule has 0 spiro atoms. The van der Waals surface area contributed by atoms with Gasteiger partial charge in [-0.15, -0.1) is 0 Å². The molecule has 0 radical (unpaired) electrons. The lowest BCUT2D eigenvalue weighted by Gasteiger charge is -2.47. The largest absolute Gasteiger partial charge is 0.400 e. The molecule has 7 nitrogen and oxygen atoms in total. The van der Waals surface area contributed by atoms with Crippen LogP contribution in [0.25, 0.3) is 11.0 Å². The number of aromatic nitrogens is 3. The lowest BCUT2D eigenvalue weighted by molar-refractivity contribution is 0.0882. The minimum atomic E-state index is -2.69. The highest BCUT2D eigenvalue weighted by molar-refractivity contribution is 6.99. The second-order valence-electron chi connectivity index (χ2n) is 11.8. The van der Waals surface area contributed by atoms with E-state index in [0.29, 0.717) is 23.9 Å². The number of halogens is 2. The molecule has 0 saturated carbocycles. The van der Waals surface area contributed by atoms with E-state index >= 15 is 0 Å². The molecule has 6 rings (SSSR count). The Balaban J connectivity index is 1.25. The first-order valence-electron chi connectivity index (χ1n) is 14.1. The predicted molar refractivity (Wildman–Crippen MR) is 168 cm³/mol. The van der Waals surface area contributed by atoms with E-state index < -0.39 is 8.32 Å². The quantitative estimate of drug-likeness (QED) is 0.230. The van der Waals surface area contributed by atoms with Crippen molar-refractivity contribution in [2.45, 2.75) is 38.0 Å². The van der Waals surface area contributed by atoms with Crippen molar-refractivity contribution in [3.8, 4) is 0 Å². The highest BCUT2D eigenvalue weighted by Gasteiger charge is 2.53. The Morgan fingerprint density at radius 1 is 0.878 bits per heavy atom. The number of benzene rings is 2. The molecule has 2 aromatic carbocycles. The minimum Gasteiger partial charge on any atom is -0.400 e. The third-order valence-corrected chi connectivity index (χ3v) is 13.8. The van der Waals surface area contributed by atoms with Crippen LogP contribution in [0.2, 0.25) is 15.3 Å². The van der Waals surface area contributed by atoms with Gasteiger partial charge in [0.05, 0.1) is 30.4 Å². The van der Waals surface area contributed by atoms with E-state index in [2.05, 4.69) is 101 Å². The number of rotatable bonds is 6. The van der Waals surface area contributed by atoms with Gasteiger partial charge >= 0.3 is 0 Å². The Morgan fingerprint density at radius 2 is 1.51 bits per heavy atom. The molecular weight excluding hydrogens is 573 g/mol. The Morgan fingerprint density at radius 3 is 2.12 bits per heavy atom. The van der Waals surface area contributed by atoms with Gasteiger partial charge in [0.2, 0.25) is 5.28 Å². The van der Waals surface area contributed by atoms with Gasteiger partial charge in [-0.25, -0.2) is 9.97 Å². The molecule has 2 atom stereocenters.